The van der Waals surface area contributed by atoms with E-state index in [9.17, 15) is 13.2 Å². The first-order valence-corrected chi connectivity index (χ1v) is 11.2. The molecule has 3 aromatic rings. The molecule has 2 atom stereocenters. The van der Waals surface area contributed by atoms with Crippen molar-refractivity contribution in [3.05, 3.63) is 77.2 Å². The molecule has 6 heteroatoms. The normalized spacial score (nSPS) is 21.9. The number of thiophene rings is 1. The smallest absolute Gasteiger partial charge is 0.363 e. The van der Waals surface area contributed by atoms with E-state index in [1.165, 1.54) is 28.1 Å². The van der Waals surface area contributed by atoms with Crippen molar-refractivity contribution in [1.29, 1.82) is 0 Å². The van der Waals surface area contributed by atoms with Gasteiger partial charge >= 0.3 is 6.18 Å². The van der Waals surface area contributed by atoms with Gasteiger partial charge in [-0.05, 0) is 59.7 Å². The molecule has 156 valence electrons. The number of nitrogens with zero attached hydrogens (tertiary/aromatic N) is 2. The predicted octanol–water partition coefficient (Wildman–Crippen LogP) is 6.29. The largest absolute Gasteiger partial charge is 0.416 e. The molecule has 0 amide bonds. The summed E-state index contributed by atoms with van der Waals surface area (Å²) in [4.78, 5) is 6.12. The Labute approximate surface area is 178 Å². The zero-order valence-electron chi connectivity index (χ0n) is 16.5. The Bertz CT molecular complexity index is 967. The van der Waals surface area contributed by atoms with Gasteiger partial charge in [-0.1, -0.05) is 30.3 Å². The minimum atomic E-state index is -4.28. The minimum absolute atomic E-state index is 0.367. The lowest BCUT2D eigenvalue weighted by atomic mass is 10.1. The number of alkyl halides is 3. The van der Waals surface area contributed by atoms with Crippen LogP contribution in [0.15, 0.2) is 66.0 Å². The molecular formula is C24H23F3N2S. The maximum absolute atomic E-state index is 12.9. The highest BCUT2D eigenvalue weighted by molar-refractivity contribution is 7.13. The zero-order valence-corrected chi connectivity index (χ0v) is 17.3. The molecule has 30 heavy (non-hydrogen) atoms. The Balaban J connectivity index is 1.25. The number of anilines is 1. The maximum atomic E-state index is 12.9. The fourth-order valence-electron chi connectivity index (χ4n) is 4.84. The van der Waals surface area contributed by atoms with Crippen LogP contribution in [0.25, 0.3) is 10.4 Å². The summed E-state index contributed by atoms with van der Waals surface area (Å²) in [7, 11) is 0. The van der Waals surface area contributed by atoms with E-state index in [0.29, 0.717) is 12.1 Å². The summed E-state index contributed by atoms with van der Waals surface area (Å²) in [6.07, 6.45) is -2.09. The molecule has 0 spiro atoms. The summed E-state index contributed by atoms with van der Waals surface area (Å²) >= 11 is 1.75. The molecule has 0 radical (unpaired) electrons. The number of halogens is 3. The molecule has 5 rings (SSSR count). The Morgan fingerprint density at radius 1 is 0.867 bits per heavy atom. The lowest BCUT2D eigenvalue weighted by Crippen LogP contribution is -2.53. The monoisotopic (exact) mass is 428 g/mol. The van der Waals surface area contributed by atoms with E-state index < -0.39 is 11.7 Å². The lowest BCUT2D eigenvalue weighted by Gasteiger charge is -2.42. The van der Waals surface area contributed by atoms with Crippen molar-refractivity contribution in [1.82, 2.24) is 4.90 Å². The van der Waals surface area contributed by atoms with E-state index in [1.54, 1.807) is 23.5 Å². The molecule has 1 aromatic heterocycles. The van der Waals surface area contributed by atoms with Gasteiger partial charge in [0.05, 0.1) is 5.56 Å². The first-order chi connectivity index (χ1) is 14.5. The average molecular weight is 429 g/mol. The van der Waals surface area contributed by atoms with Crippen molar-refractivity contribution in [2.75, 3.05) is 18.0 Å². The van der Waals surface area contributed by atoms with Crippen molar-refractivity contribution in [2.45, 2.75) is 37.6 Å². The molecule has 2 bridgehead atoms. The summed E-state index contributed by atoms with van der Waals surface area (Å²) < 4.78 is 38.6. The molecule has 2 aliphatic heterocycles. The third kappa shape index (κ3) is 3.86. The van der Waals surface area contributed by atoms with Gasteiger partial charge in [0.2, 0.25) is 0 Å². The van der Waals surface area contributed by atoms with Crippen LogP contribution in [0.5, 0.6) is 0 Å². The summed E-state index contributed by atoms with van der Waals surface area (Å²) in [5, 5.41) is 2.09. The van der Waals surface area contributed by atoms with E-state index in [2.05, 4.69) is 51.6 Å². The second-order valence-electron chi connectivity index (χ2n) is 8.21. The number of rotatable bonds is 4. The van der Waals surface area contributed by atoms with Crippen LogP contribution in [0, 0.1) is 0 Å². The van der Waals surface area contributed by atoms with E-state index >= 15 is 0 Å². The number of hydrogen-bond donors (Lipinski definition) is 0. The topological polar surface area (TPSA) is 6.48 Å². The van der Waals surface area contributed by atoms with Gasteiger partial charge in [0, 0.05) is 42.3 Å². The van der Waals surface area contributed by atoms with E-state index in [-0.39, 0.29) is 0 Å². The van der Waals surface area contributed by atoms with Crippen LogP contribution in [0.2, 0.25) is 0 Å². The van der Waals surface area contributed by atoms with Crippen LogP contribution in [-0.2, 0) is 12.7 Å². The van der Waals surface area contributed by atoms with Gasteiger partial charge in [-0.25, -0.2) is 0 Å². The van der Waals surface area contributed by atoms with Crippen LogP contribution < -0.4 is 4.90 Å². The van der Waals surface area contributed by atoms with E-state index in [0.717, 1.165) is 38.2 Å². The second kappa shape index (κ2) is 7.75. The van der Waals surface area contributed by atoms with E-state index in [1.807, 2.05) is 0 Å². The molecule has 0 N–H and O–H groups in total. The van der Waals surface area contributed by atoms with Crippen molar-refractivity contribution in [3.63, 3.8) is 0 Å². The fraction of sp³-hybridized carbons (Fsp3) is 0.333. The van der Waals surface area contributed by atoms with Gasteiger partial charge in [-0.2, -0.15) is 13.2 Å². The Kier molecular flexibility index (Phi) is 5.07. The Morgan fingerprint density at radius 2 is 1.53 bits per heavy atom. The maximum Gasteiger partial charge on any atom is 0.416 e. The Morgan fingerprint density at radius 3 is 2.10 bits per heavy atom. The third-order valence-electron chi connectivity index (χ3n) is 6.22. The summed E-state index contributed by atoms with van der Waals surface area (Å²) in [5.41, 5.74) is 2.89. The van der Waals surface area contributed by atoms with Gasteiger partial charge in [-0.3, -0.25) is 4.90 Å². The second-order valence-corrected chi connectivity index (χ2v) is 9.15. The zero-order chi connectivity index (χ0) is 20.7. The SMILES string of the molecule is FC(F)(F)c1ccc(N2C3CCC2CN(Cc2ccc(-c4cccs4)cc2)C3)cc1. The van der Waals surface area contributed by atoms with Crippen molar-refractivity contribution in [2.24, 2.45) is 0 Å². The van der Waals surface area contributed by atoms with Crippen LogP contribution in [0.1, 0.15) is 24.0 Å². The van der Waals surface area contributed by atoms with Crippen molar-refractivity contribution >= 4 is 17.0 Å². The number of benzene rings is 2. The predicted molar refractivity (Wildman–Crippen MR) is 116 cm³/mol. The molecular weight excluding hydrogens is 405 g/mol. The molecule has 0 saturated carbocycles. The number of fused-ring (bicyclic) bond motifs is 2. The third-order valence-corrected chi connectivity index (χ3v) is 7.14. The van der Waals surface area contributed by atoms with Gasteiger partial charge in [0.15, 0.2) is 0 Å². The summed E-state index contributed by atoms with van der Waals surface area (Å²) in [6, 6.07) is 19.4. The summed E-state index contributed by atoms with van der Waals surface area (Å²) in [5.74, 6) is 0. The standard InChI is InChI=1S/C24H23F3N2S/c25-24(26,27)19-7-9-20(10-8-19)29-21-11-12-22(29)16-28(15-21)14-17-3-5-18(6-4-17)23-2-1-13-30-23/h1-10,13,21-22H,11-12,14-16H2. The highest BCUT2D eigenvalue weighted by Gasteiger charge is 2.40. The molecule has 2 fully saturated rings. The highest BCUT2D eigenvalue weighted by atomic mass is 32.1. The highest BCUT2D eigenvalue weighted by Crippen LogP contribution is 2.37. The minimum Gasteiger partial charge on any atom is -0.363 e. The summed E-state index contributed by atoms with van der Waals surface area (Å²) in [6.45, 7) is 2.81. The van der Waals surface area contributed by atoms with Gasteiger partial charge in [-0.15, -0.1) is 11.3 Å². The van der Waals surface area contributed by atoms with Crippen LogP contribution in [0.3, 0.4) is 0 Å². The van der Waals surface area contributed by atoms with Gasteiger partial charge in [0.1, 0.15) is 0 Å². The van der Waals surface area contributed by atoms with Crippen LogP contribution >= 0.6 is 11.3 Å². The molecule has 2 aliphatic rings. The number of piperazine rings is 1. The molecule has 2 nitrogen and oxygen atoms in total. The van der Waals surface area contributed by atoms with Gasteiger partial charge < -0.3 is 4.90 Å². The average Bonchev–Trinajstić information content (AvgIpc) is 3.35. The molecule has 2 unspecified atom stereocenters. The van der Waals surface area contributed by atoms with E-state index in [4.69, 9.17) is 0 Å². The van der Waals surface area contributed by atoms with Crippen LogP contribution in [0.4, 0.5) is 18.9 Å². The van der Waals surface area contributed by atoms with Gasteiger partial charge in [0.25, 0.3) is 0 Å². The quantitative estimate of drug-likeness (QED) is 0.482. The molecule has 0 aliphatic carbocycles. The van der Waals surface area contributed by atoms with Crippen molar-refractivity contribution < 1.29 is 13.2 Å². The number of likely N-dealkylation sites (tertiary alicyclic amines) is 1. The molecule has 2 aromatic carbocycles. The first kappa shape index (κ1) is 19.6. The Hall–Kier alpha value is -2.31. The number of hydrogen-bond acceptors (Lipinski definition) is 3. The van der Waals surface area contributed by atoms with Crippen molar-refractivity contribution in [3.8, 4) is 10.4 Å². The molecule has 2 saturated heterocycles. The lowest BCUT2D eigenvalue weighted by molar-refractivity contribution is -0.137. The first-order valence-electron chi connectivity index (χ1n) is 10.3. The fourth-order valence-corrected chi connectivity index (χ4v) is 5.57. The van der Waals surface area contributed by atoms with Crippen LogP contribution in [-0.4, -0.2) is 30.1 Å². The molecule has 3 heterocycles.